The molecule has 0 aliphatic carbocycles. The Labute approximate surface area is 146 Å². The first-order valence-corrected chi connectivity index (χ1v) is 8.58. The highest BCUT2D eigenvalue weighted by Gasteiger charge is 2.09. The summed E-state index contributed by atoms with van der Waals surface area (Å²) < 4.78 is 5.15. The van der Waals surface area contributed by atoms with Gasteiger partial charge in [-0.25, -0.2) is 0 Å². The van der Waals surface area contributed by atoms with Gasteiger partial charge < -0.3 is 14.8 Å². The number of hydrogen-bond donors (Lipinski definition) is 1. The minimum atomic E-state index is 0.699. The Morgan fingerprint density at radius 1 is 1.43 bits per heavy atom. The molecule has 7 heteroatoms. The van der Waals surface area contributed by atoms with Crippen molar-refractivity contribution in [2.75, 3.05) is 20.1 Å². The van der Waals surface area contributed by atoms with Crippen LogP contribution in [-0.4, -0.2) is 45.3 Å². The molecular weight excluding hydrogens is 356 g/mol. The molecule has 126 valence electrons. The molecule has 2 heterocycles. The van der Waals surface area contributed by atoms with Crippen molar-refractivity contribution in [3.8, 4) is 0 Å². The average molecular weight is 381 g/mol. The zero-order chi connectivity index (χ0) is 16.8. The summed E-state index contributed by atoms with van der Waals surface area (Å²) in [5, 5.41) is 7.64. The van der Waals surface area contributed by atoms with E-state index in [0.717, 1.165) is 30.1 Å². The molecule has 2 aromatic heterocycles. The molecule has 0 spiro atoms. The summed E-state index contributed by atoms with van der Waals surface area (Å²) in [4.78, 5) is 6.84. The molecular formula is C16H25BrN6. The predicted octanol–water partition coefficient (Wildman–Crippen LogP) is 2.39. The molecule has 0 amide bonds. The molecule has 23 heavy (non-hydrogen) atoms. The first-order valence-electron chi connectivity index (χ1n) is 7.79. The number of nitrogens with zero attached hydrogens (tertiary/aromatic N) is 5. The van der Waals surface area contributed by atoms with Crippen molar-refractivity contribution in [3.05, 3.63) is 40.4 Å². The lowest BCUT2D eigenvalue weighted by molar-refractivity contribution is 0.460. The van der Waals surface area contributed by atoms with Crippen molar-refractivity contribution >= 4 is 21.9 Å². The SMILES string of the molecule is CCNC(=NCCn1cc(C)cn1)N(C)Cc1cc(Br)cn1C. The zero-order valence-corrected chi connectivity index (χ0v) is 15.8. The molecule has 2 aromatic rings. The van der Waals surface area contributed by atoms with Crippen LogP contribution < -0.4 is 5.32 Å². The monoisotopic (exact) mass is 380 g/mol. The molecule has 0 aliphatic rings. The molecule has 0 atom stereocenters. The number of aryl methyl sites for hydroxylation is 2. The Bertz CT molecular complexity index is 657. The normalized spacial score (nSPS) is 11.8. The lowest BCUT2D eigenvalue weighted by Crippen LogP contribution is -2.39. The van der Waals surface area contributed by atoms with Gasteiger partial charge in [0.2, 0.25) is 0 Å². The number of rotatable bonds is 6. The number of aromatic nitrogens is 3. The van der Waals surface area contributed by atoms with Crippen molar-refractivity contribution < 1.29 is 0 Å². The number of hydrogen-bond acceptors (Lipinski definition) is 2. The van der Waals surface area contributed by atoms with Gasteiger partial charge >= 0.3 is 0 Å². The molecule has 0 radical (unpaired) electrons. The smallest absolute Gasteiger partial charge is 0.194 e. The van der Waals surface area contributed by atoms with Crippen LogP contribution in [0.4, 0.5) is 0 Å². The Kier molecular flexibility index (Phi) is 6.27. The Morgan fingerprint density at radius 3 is 2.78 bits per heavy atom. The average Bonchev–Trinajstić information content (AvgIpc) is 3.03. The molecule has 1 N–H and O–H groups in total. The number of nitrogens with one attached hydrogen (secondary N) is 1. The van der Waals surface area contributed by atoms with Gasteiger partial charge in [0.05, 0.1) is 25.8 Å². The van der Waals surface area contributed by atoms with Crippen LogP contribution in [0.1, 0.15) is 18.2 Å². The molecule has 0 fully saturated rings. The fourth-order valence-electron chi connectivity index (χ4n) is 2.36. The van der Waals surface area contributed by atoms with Crippen molar-refractivity contribution in [3.63, 3.8) is 0 Å². The van der Waals surface area contributed by atoms with E-state index in [4.69, 9.17) is 4.99 Å². The summed E-state index contributed by atoms with van der Waals surface area (Å²) in [6, 6.07) is 2.13. The van der Waals surface area contributed by atoms with Gasteiger partial charge in [-0.3, -0.25) is 9.67 Å². The third kappa shape index (κ3) is 5.13. The van der Waals surface area contributed by atoms with Crippen LogP contribution in [0.25, 0.3) is 0 Å². The van der Waals surface area contributed by atoms with Crippen LogP contribution in [0.15, 0.2) is 34.1 Å². The van der Waals surface area contributed by atoms with Gasteiger partial charge in [0, 0.05) is 43.2 Å². The highest BCUT2D eigenvalue weighted by Crippen LogP contribution is 2.14. The Balaban J connectivity index is 1.98. The van der Waals surface area contributed by atoms with Crippen LogP contribution in [0, 0.1) is 6.92 Å². The molecule has 0 bridgehead atoms. The van der Waals surface area contributed by atoms with E-state index in [1.807, 2.05) is 24.0 Å². The van der Waals surface area contributed by atoms with Gasteiger partial charge in [-0.2, -0.15) is 5.10 Å². The van der Waals surface area contributed by atoms with E-state index in [2.05, 4.69) is 69.1 Å². The third-order valence-electron chi connectivity index (χ3n) is 3.52. The molecule has 0 aromatic carbocycles. The van der Waals surface area contributed by atoms with E-state index in [1.54, 1.807) is 0 Å². The Morgan fingerprint density at radius 2 is 2.22 bits per heavy atom. The summed E-state index contributed by atoms with van der Waals surface area (Å²) >= 11 is 3.52. The summed E-state index contributed by atoms with van der Waals surface area (Å²) in [5.41, 5.74) is 2.40. The molecule has 0 saturated heterocycles. The maximum atomic E-state index is 4.70. The second-order valence-electron chi connectivity index (χ2n) is 5.63. The van der Waals surface area contributed by atoms with Crippen LogP contribution >= 0.6 is 15.9 Å². The van der Waals surface area contributed by atoms with E-state index in [-0.39, 0.29) is 0 Å². The van der Waals surface area contributed by atoms with E-state index < -0.39 is 0 Å². The van der Waals surface area contributed by atoms with Crippen LogP contribution in [-0.2, 0) is 20.1 Å². The fourth-order valence-corrected chi connectivity index (χ4v) is 2.93. The molecule has 6 nitrogen and oxygen atoms in total. The van der Waals surface area contributed by atoms with Gasteiger partial charge in [0.1, 0.15) is 0 Å². The summed E-state index contributed by atoms with van der Waals surface area (Å²) in [5.74, 6) is 0.911. The van der Waals surface area contributed by atoms with Crippen LogP contribution in [0.2, 0.25) is 0 Å². The number of aliphatic imine (C=N–C) groups is 1. The molecule has 0 saturated carbocycles. The maximum absolute atomic E-state index is 4.70. The Hall–Kier alpha value is -1.76. The second-order valence-corrected chi connectivity index (χ2v) is 6.55. The summed E-state index contributed by atoms with van der Waals surface area (Å²) in [6.07, 6.45) is 5.97. The molecule has 2 rings (SSSR count). The fraction of sp³-hybridized carbons (Fsp3) is 0.500. The minimum absolute atomic E-state index is 0.699. The van der Waals surface area contributed by atoms with Gasteiger partial charge in [-0.1, -0.05) is 0 Å². The van der Waals surface area contributed by atoms with Gasteiger partial charge in [-0.05, 0) is 41.4 Å². The van der Waals surface area contributed by atoms with Gasteiger partial charge in [-0.15, -0.1) is 0 Å². The van der Waals surface area contributed by atoms with Gasteiger partial charge in [0.15, 0.2) is 5.96 Å². The van der Waals surface area contributed by atoms with E-state index in [1.165, 1.54) is 11.3 Å². The first-order chi connectivity index (χ1) is 11.0. The predicted molar refractivity (Wildman–Crippen MR) is 97.5 cm³/mol. The van der Waals surface area contributed by atoms with Crippen molar-refractivity contribution in [2.45, 2.75) is 26.9 Å². The lowest BCUT2D eigenvalue weighted by atomic mass is 10.4. The van der Waals surface area contributed by atoms with Crippen LogP contribution in [0.3, 0.4) is 0 Å². The van der Waals surface area contributed by atoms with E-state index in [0.29, 0.717) is 6.54 Å². The van der Waals surface area contributed by atoms with Crippen molar-refractivity contribution in [1.82, 2.24) is 24.6 Å². The van der Waals surface area contributed by atoms with E-state index >= 15 is 0 Å². The largest absolute Gasteiger partial charge is 0.357 e. The lowest BCUT2D eigenvalue weighted by Gasteiger charge is -2.22. The third-order valence-corrected chi connectivity index (χ3v) is 3.96. The molecule has 0 unspecified atom stereocenters. The molecule has 0 aliphatic heterocycles. The van der Waals surface area contributed by atoms with Crippen LogP contribution in [0.5, 0.6) is 0 Å². The van der Waals surface area contributed by atoms with Gasteiger partial charge in [0.25, 0.3) is 0 Å². The summed E-state index contributed by atoms with van der Waals surface area (Å²) in [6.45, 7) is 7.26. The highest BCUT2D eigenvalue weighted by atomic mass is 79.9. The summed E-state index contributed by atoms with van der Waals surface area (Å²) in [7, 11) is 4.11. The van der Waals surface area contributed by atoms with Crippen molar-refractivity contribution in [1.29, 1.82) is 0 Å². The standard InChI is InChI=1S/C16H25BrN6/c1-5-18-16(19-6-7-23-10-13(2)9-20-23)22(4)12-15-8-14(17)11-21(15)3/h8-11H,5-7,12H2,1-4H3,(H,18,19). The maximum Gasteiger partial charge on any atom is 0.194 e. The zero-order valence-electron chi connectivity index (χ0n) is 14.3. The number of halogens is 1. The first kappa shape index (κ1) is 17.6. The number of guanidine groups is 1. The van der Waals surface area contributed by atoms with E-state index in [9.17, 15) is 0 Å². The quantitative estimate of drug-likeness (QED) is 0.618. The van der Waals surface area contributed by atoms with Crippen molar-refractivity contribution in [2.24, 2.45) is 12.0 Å². The second kappa shape index (κ2) is 8.19. The minimum Gasteiger partial charge on any atom is -0.357 e. The highest BCUT2D eigenvalue weighted by molar-refractivity contribution is 9.10. The topological polar surface area (TPSA) is 50.4 Å².